The van der Waals surface area contributed by atoms with Crippen molar-refractivity contribution in [3.05, 3.63) is 65.5 Å². The monoisotopic (exact) mass is 568 g/mol. The summed E-state index contributed by atoms with van der Waals surface area (Å²) in [4.78, 5) is 26.3. The summed E-state index contributed by atoms with van der Waals surface area (Å²) in [6.07, 6.45) is 10.3. The van der Waals surface area contributed by atoms with Crippen molar-refractivity contribution in [2.75, 3.05) is 13.2 Å². The third-order valence-corrected chi connectivity index (χ3v) is 8.64. The predicted octanol–water partition coefficient (Wildman–Crippen LogP) is 5.29. The zero-order chi connectivity index (χ0) is 29.0. The highest BCUT2D eigenvalue weighted by Crippen LogP contribution is 2.28. The van der Waals surface area contributed by atoms with Crippen LogP contribution < -0.4 is 10.6 Å². The molecule has 3 atom stereocenters. The third-order valence-electron chi connectivity index (χ3n) is 8.64. The number of aliphatic hydroxyl groups excluding tert-OH is 1. The SMILES string of the molecule is O=C(NC(Cc1ccccc1)[C@@H](O)CC(CCCC1CCCCC1)NC(=O)C1CCOCC1)c1ccc(F)cc1O. The van der Waals surface area contributed by atoms with Gasteiger partial charge in [0.15, 0.2) is 0 Å². The van der Waals surface area contributed by atoms with Crippen LogP contribution in [0.25, 0.3) is 0 Å². The minimum Gasteiger partial charge on any atom is -0.507 e. The number of halogens is 1. The molecule has 2 aromatic carbocycles. The van der Waals surface area contributed by atoms with Crippen LogP contribution in [0, 0.1) is 17.7 Å². The van der Waals surface area contributed by atoms with Crippen LogP contribution in [0.15, 0.2) is 48.5 Å². The predicted molar refractivity (Wildman–Crippen MR) is 156 cm³/mol. The molecular weight excluding hydrogens is 523 g/mol. The second-order valence-electron chi connectivity index (χ2n) is 11.8. The Kier molecular flexibility index (Phi) is 12.0. The maximum atomic E-state index is 13.5. The lowest BCUT2D eigenvalue weighted by Gasteiger charge is -2.30. The van der Waals surface area contributed by atoms with Crippen LogP contribution in [0.3, 0.4) is 0 Å². The van der Waals surface area contributed by atoms with Crippen LogP contribution in [0.5, 0.6) is 5.75 Å². The number of phenols is 1. The Bertz CT molecular complexity index is 1100. The normalized spacial score (nSPS) is 18.8. The van der Waals surface area contributed by atoms with Crippen molar-refractivity contribution in [3.63, 3.8) is 0 Å². The quantitative estimate of drug-likeness (QED) is 0.263. The molecule has 224 valence electrons. The second-order valence-corrected chi connectivity index (χ2v) is 11.8. The second kappa shape index (κ2) is 15.9. The number of rotatable bonds is 13. The van der Waals surface area contributed by atoms with E-state index in [0.717, 1.165) is 42.9 Å². The maximum Gasteiger partial charge on any atom is 0.255 e. The first-order valence-electron chi connectivity index (χ1n) is 15.3. The molecule has 2 unspecified atom stereocenters. The molecule has 2 aromatic rings. The van der Waals surface area contributed by atoms with Crippen molar-refractivity contribution >= 4 is 11.8 Å². The highest BCUT2D eigenvalue weighted by molar-refractivity contribution is 5.97. The molecule has 1 saturated carbocycles. The van der Waals surface area contributed by atoms with Gasteiger partial charge in [0.25, 0.3) is 5.91 Å². The molecule has 41 heavy (non-hydrogen) atoms. The fourth-order valence-electron chi connectivity index (χ4n) is 6.21. The third kappa shape index (κ3) is 9.82. The number of ether oxygens (including phenoxy) is 1. The molecule has 2 aliphatic rings. The minimum atomic E-state index is -0.962. The molecule has 1 aliphatic carbocycles. The van der Waals surface area contributed by atoms with Gasteiger partial charge in [0.1, 0.15) is 11.6 Å². The molecule has 1 aliphatic heterocycles. The summed E-state index contributed by atoms with van der Waals surface area (Å²) in [6.45, 7) is 1.16. The summed E-state index contributed by atoms with van der Waals surface area (Å²) < 4.78 is 18.9. The van der Waals surface area contributed by atoms with Gasteiger partial charge in [0, 0.05) is 31.2 Å². The van der Waals surface area contributed by atoms with Gasteiger partial charge in [-0.3, -0.25) is 9.59 Å². The molecule has 2 fully saturated rings. The molecule has 8 heteroatoms. The Balaban J connectivity index is 1.46. The lowest BCUT2D eigenvalue weighted by molar-refractivity contribution is -0.128. The van der Waals surface area contributed by atoms with Crippen LogP contribution in [0.4, 0.5) is 4.39 Å². The lowest BCUT2D eigenvalue weighted by atomic mass is 9.85. The number of carbonyl (C=O) groups is 2. The van der Waals surface area contributed by atoms with Gasteiger partial charge in [-0.2, -0.15) is 0 Å². The maximum absolute atomic E-state index is 13.5. The number of nitrogens with one attached hydrogen (secondary N) is 2. The van der Waals surface area contributed by atoms with Crippen molar-refractivity contribution in [2.45, 2.75) is 95.2 Å². The van der Waals surface area contributed by atoms with E-state index in [-0.39, 0.29) is 29.9 Å². The van der Waals surface area contributed by atoms with Gasteiger partial charge in [-0.1, -0.05) is 75.3 Å². The van der Waals surface area contributed by atoms with Crippen LogP contribution in [0.2, 0.25) is 0 Å². The first kappa shape index (κ1) is 31.0. The summed E-state index contributed by atoms with van der Waals surface area (Å²) in [5.41, 5.74) is 0.869. The van der Waals surface area contributed by atoms with Gasteiger partial charge in [0.2, 0.25) is 5.91 Å². The van der Waals surface area contributed by atoms with Crippen molar-refractivity contribution in [1.29, 1.82) is 0 Å². The number of amides is 2. The van der Waals surface area contributed by atoms with E-state index in [2.05, 4.69) is 10.6 Å². The Morgan fingerprint density at radius 3 is 2.41 bits per heavy atom. The van der Waals surface area contributed by atoms with Crippen LogP contribution in [-0.4, -0.2) is 53.4 Å². The fourth-order valence-corrected chi connectivity index (χ4v) is 6.21. The van der Waals surface area contributed by atoms with Crippen molar-refractivity contribution < 1.29 is 28.9 Å². The summed E-state index contributed by atoms with van der Waals surface area (Å²) in [5.74, 6) is -1.06. The van der Waals surface area contributed by atoms with E-state index in [1.54, 1.807) is 0 Å². The van der Waals surface area contributed by atoms with E-state index in [4.69, 9.17) is 4.74 Å². The largest absolute Gasteiger partial charge is 0.507 e. The highest BCUT2D eigenvalue weighted by atomic mass is 19.1. The Morgan fingerprint density at radius 1 is 0.976 bits per heavy atom. The van der Waals surface area contributed by atoms with E-state index < -0.39 is 29.6 Å². The number of hydrogen-bond acceptors (Lipinski definition) is 5. The summed E-state index contributed by atoms with van der Waals surface area (Å²) >= 11 is 0. The van der Waals surface area contributed by atoms with Crippen molar-refractivity contribution in [3.8, 4) is 5.75 Å². The van der Waals surface area contributed by atoms with Gasteiger partial charge < -0.3 is 25.6 Å². The minimum absolute atomic E-state index is 0.00282. The zero-order valence-electron chi connectivity index (χ0n) is 23.9. The van der Waals surface area contributed by atoms with E-state index in [0.29, 0.717) is 32.5 Å². The average molecular weight is 569 g/mol. The van der Waals surface area contributed by atoms with E-state index in [9.17, 15) is 24.2 Å². The first-order chi connectivity index (χ1) is 19.9. The number of aliphatic hydroxyl groups is 1. The summed E-state index contributed by atoms with van der Waals surface area (Å²) in [5, 5.41) is 27.8. The molecule has 4 N–H and O–H groups in total. The standard InChI is InChI=1S/C33H45FN2O5/c34-26-14-15-28(30(37)21-26)33(40)36-29(20-24-10-5-2-6-11-24)31(38)22-27(13-7-12-23-8-3-1-4-9-23)35-32(39)25-16-18-41-19-17-25/h2,5-6,10-11,14-15,21,23,25,27,29,31,37-38H,1,3-4,7-9,12-13,16-20,22H2,(H,35,39)(H,36,40)/t27?,29?,31-/m0/s1. The smallest absolute Gasteiger partial charge is 0.255 e. The highest BCUT2D eigenvalue weighted by Gasteiger charge is 2.29. The molecule has 0 bridgehead atoms. The van der Waals surface area contributed by atoms with E-state index >= 15 is 0 Å². The van der Waals surface area contributed by atoms with Gasteiger partial charge >= 0.3 is 0 Å². The first-order valence-corrected chi connectivity index (χ1v) is 15.3. The van der Waals surface area contributed by atoms with Crippen LogP contribution >= 0.6 is 0 Å². The average Bonchev–Trinajstić information content (AvgIpc) is 2.98. The van der Waals surface area contributed by atoms with E-state index in [1.165, 1.54) is 38.2 Å². The van der Waals surface area contributed by atoms with E-state index in [1.807, 2.05) is 30.3 Å². The molecule has 0 spiro atoms. The lowest BCUT2D eigenvalue weighted by Crippen LogP contribution is -2.49. The molecule has 0 aromatic heterocycles. The number of hydrogen-bond donors (Lipinski definition) is 4. The summed E-state index contributed by atoms with van der Waals surface area (Å²) in [7, 11) is 0. The number of benzene rings is 2. The van der Waals surface area contributed by atoms with Gasteiger partial charge in [0.05, 0.1) is 17.7 Å². The Labute approximate surface area is 242 Å². The zero-order valence-corrected chi connectivity index (χ0v) is 23.9. The molecular formula is C33H45FN2O5. The molecule has 1 heterocycles. The Morgan fingerprint density at radius 2 is 1.71 bits per heavy atom. The van der Waals surface area contributed by atoms with Crippen LogP contribution in [0.1, 0.15) is 86.6 Å². The van der Waals surface area contributed by atoms with Crippen LogP contribution in [-0.2, 0) is 16.0 Å². The van der Waals surface area contributed by atoms with Gasteiger partial charge in [-0.05, 0) is 55.7 Å². The molecule has 0 radical (unpaired) electrons. The number of aromatic hydroxyl groups is 1. The Hall–Kier alpha value is -2.97. The molecule has 1 saturated heterocycles. The fraction of sp³-hybridized carbons (Fsp3) is 0.576. The molecule has 2 amide bonds. The topological polar surface area (TPSA) is 108 Å². The number of phenolic OH excluding ortho intramolecular Hbond substituents is 1. The van der Waals surface area contributed by atoms with Gasteiger partial charge in [-0.15, -0.1) is 0 Å². The van der Waals surface area contributed by atoms with Gasteiger partial charge in [-0.25, -0.2) is 4.39 Å². The molecule has 4 rings (SSSR count). The summed E-state index contributed by atoms with van der Waals surface area (Å²) in [6, 6.07) is 11.9. The number of carbonyl (C=O) groups excluding carboxylic acids is 2. The van der Waals surface area contributed by atoms with Crippen molar-refractivity contribution in [1.82, 2.24) is 10.6 Å². The van der Waals surface area contributed by atoms with Crippen molar-refractivity contribution in [2.24, 2.45) is 11.8 Å². The molecule has 7 nitrogen and oxygen atoms in total.